The first kappa shape index (κ1) is 12.0. The Bertz CT molecular complexity index is 642. The highest BCUT2D eigenvalue weighted by Gasteiger charge is 1.95. The Morgan fingerprint density at radius 2 is 2.00 bits per heavy atom. The molecular formula is C15H13NO2. The van der Waals surface area contributed by atoms with Gasteiger partial charge in [0.2, 0.25) is 0 Å². The van der Waals surface area contributed by atoms with Gasteiger partial charge in [-0.25, -0.2) is 9.78 Å². The summed E-state index contributed by atoms with van der Waals surface area (Å²) >= 11 is 0. The van der Waals surface area contributed by atoms with Crippen LogP contribution in [0.1, 0.15) is 12.6 Å². The van der Waals surface area contributed by atoms with Crippen LogP contribution in [0.3, 0.4) is 0 Å². The fourth-order valence-electron chi connectivity index (χ4n) is 1.63. The first-order valence-electron chi connectivity index (χ1n) is 5.60. The summed E-state index contributed by atoms with van der Waals surface area (Å²) in [5.74, 6) is -0.941. The van der Waals surface area contributed by atoms with Crippen LogP contribution in [0.5, 0.6) is 0 Å². The Hall–Kier alpha value is -2.42. The molecule has 18 heavy (non-hydrogen) atoms. The second-order valence-electron chi connectivity index (χ2n) is 3.99. The quantitative estimate of drug-likeness (QED) is 0.660. The van der Waals surface area contributed by atoms with Crippen LogP contribution in [0, 0.1) is 0 Å². The summed E-state index contributed by atoms with van der Waals surface area (Å²) in [6.45, 7) is 1.74. The number of fused-ring (bicyclic) bond motifs is 1. The van der Waals surface area contributed by atoms with E-state index in [0.717, 1.165) is 22.7 Å². The number of aliphatic carboxylic acids is 1. The number of carboxylic acids is 1. The van der Waals surface area contributed by atoms with Gasteiger partial charge in [0, 0.05) is 11.5 Å². The molecule has 2 aromatic rings. The van der Waals surface area contributed by atoms with E-state index in [4.69, 9.17) is 5.11 Å². The maximum atomic E-state index is 10.5. The molecule has 0 saturated carbocycles. The SMILES string of the molecule is CC(=C/C(=O)O)/C=C/c1ccc2ccccc2n1. The van der Waals surface area contributed by atoms with Crippen molar-refractivity contribution in [2.45, 2.75) is 6.92 Å². The second kappa shape index (κ2) is 5.27. The van der Waals surface area contributed by atoms with Gasteiger partial charge in [0.1, 0.15) is 0 Å². The molecule has 90 valence electrons. The van der Waals surface area contributed by atoms with Crippen LogP contribution >= 0.6 is 0 Å². The molecule has 0 fully saturated rings. The minimum Gasteiger partial charge on any atom is -0.478 e. The minimum atomic E-state index is -0.941. The van der Waals surface area contributed by atoms with Crippen molar-refractivity contribution in [1.82, 2.24) is 4.98 Å². The monoisotopic (exact) mass is 239 g/mol. The Balaban J connectivity index is 2.27. The van der Waals surface area contributed by atoms with Gasteiger partial charge in [0.15, 0.2) is 0 Å². The van der Waals surface area contributed by atoms with E-state index in [-0.39, 0.29) is 0 Å². The zero-order valence-corrected chi connectivity index (χ0v) is 10.00. The average Bonchev–Trinajstić information content (AvgIpc) is 2.35. The van der Waals surface area contributed by atoms with Gasteiger partial charge < -0.3 is 5.11 Å². The summed E-state index contributed by atoms with van der Waals surface area (Å²) < 4.78 is 0. The zero-order chi connectivity index (χ0) is 13.0. The Labute approximate surface area is 105 Å². The number of allylic oxidation sites excluding steroid dienone is 2. The van der Waals surface area contributed by atoms with Gasteiger partial charge in [-0.15, -0.1) is 0 Å². The van der Waals surface area contributed by atoms with Crippen LogP contribution < -0.4 is 0 Å². The number of aromatic nitrogens is 1. The minimum absolute atomic E-state index is 0.678. The predicted octanol–water partition coefficient (Wildman–Crippen LogP) is 3.28. The van der Waals surface area contributed by atoms with E-state index in [1.165, 1.54) is 0 Å². The molecule has 0 unspecified atom stereocenters. The maximum Gasteiger partial charge on any atom is 0.328 e. The molecular weight excluding hydrogens is 226 g/mol. The molecule has 3 heteroatoms. The number of hydrogen-bond donors (Lipinski definition) is 1. The average molecular weight is 239 g/mol. The molecule has 2 rings (SSSR count). The smallest absolute Gasteiger partial charge is 0.328 e. The van der Waals surface area contributed by atoms with Crippen LogP contribution in [0.25, 0.3) is 17.0 Å². The summed E-state index contributed by atoms with van der Waals surface area (Å²) in [5.41, 5.74) is 2.42. The second-order valence-corrected chi connectivity index (χ2v) is 3.99. The fourth-order valence-corrected chi connectivity index (χ4v) is 1.63. The van der Waals surface area contributed by atoms with E-state index in [1.54, 1.807) is 19.1 Å². The molecule has 0 bridgehead atoms. The molecule has 3 nitrogen and oxygen atoms in total. The van der Waals surface area contributed by atoms with Crippen molar-refractivity contribution in [3.05, 3.63) is 59.8 Å². The highest BCUT2D eigenvalue weighted by atomic mass is 16.4. The first-order chi connectivity index (χ1) is 8.65. The van der Waals surface area contributed by atoms with Crippen molar-refractivity contribution >= 4 is 22.9 Å². The topological polar surface area (TPSA) is 50.2 Å². The van der Waals surface area contributed by atoms with Gasteiger partial charge >= 0.3 is 5.97 Å². The number of carboxylic acid groups (broad SMARTS) is 1. The van der Waals surface area contributed by atoms with Gasteiger partial charge in [-0.3, -0.25) is 0 Å². The first-order valence-corrected chi connectivity index (χ1v) is 5.60. The van der Waals surface area contributed by atoms with Gasteiger partial charge in [-0.05, 0) is 30.7 Å². The van der Waals surface area contributed by atoms with E-state index in [9.17, 15) is 4.79 Å². The van der Waals surface area contributed by atoms with E-state index >= 15 is 0 Å². The molecule has 0 aliphatic rings. The molecule has 0 spiro atoms. The van der Waals surface area contributed by atoms with Crippen LogP contribution in [-0.4, -0.2) is 16.1 Å². The Morgan fingerprint density at radius 3 is 2.78 bits per heavy atom. The van der Waals surface area contributed by atoms with Gasteiger partial charge in [0.25, 0.3) is 0 Å². The van der Waals surface area contributed by atoms with Gasteiger partial charge in [0.05, 0.1) is 11.2 Å². The molecule has 0 aliphatic heterocycles. The third-order valence-electron chi connectivity index (χ3n) is 2.49. The van der Waals surface area contributed by atoms with Crippen molar-refractivity contribution in [2.75, 3.05) is 0 Å². The van der Waals surface area contributed by atoms with E-state index in [2.05, 4.69) is 4.98 Å². The molecule has 0 atom stereocenters. The van der Waals surface area contributed by atoms with Crippen molar-refractivity contribution in [2.24, 2.45) is 0 Å². The highest BCUT2D eigenvalue weighted by Crippen LogP contribution is 2.13. The van der Waals surface area contributed by atoms with Crippen molar-refractivity contribution < 1.29 is 9.90 Å². The predicted molar refractivity (Wildman–Crippen MR) is 72.2 cm³/mol. The standard InChI is InChI=1S/C15H13NO2/c1-11(10-15(17)18)6-8-13-9-7-12-4-2-3-5-14(12)16-13/h2-10H,1H3,(H,17,18)/b8-6+,11-10-. The molecule has 1 aromatic heterocycles. The van der Waals surface area contributed by atoms with Crippen molar-refractivity contribution in [1.29, 1.82) is 0 Å². The van der Waals surface area contributed by atoms with Crippen LogP contribution in [0.4, 0.5) is 0 Å². The van der Waals surface area contributed by atoms with Crippen molar-refractivity contribution in [3.63, 3.8) is 0 Å². The number of carbonyl (C=O) groups is 1. The van der Waals surface area contributed by atoms with Crippen molar-refractivity contribution in [3.8, 4) is 0 Å². The molecule has 1 heterocycles. The molecule has 0 aliphatic carbocycles. The number of benzene rings is 1. The molecule has 0 radical (unpaired) electrons. The summed E-state index contributed by atoms with van der Waals surface area (Å²) in [5, 5.41) is 9.69. The lowest BCUT2D eigenvalue weighted by molar-refractivity contribution is -0.131. The highest BCUT2D eigenvalue weighted by molar-refractivity contribution is 5.82. The Morgan fingerprint density at radius 1 is 1.22 bits per heavy atom. The summed E-state index contributed by atoms with van der Waals surface area (Å²) in [6, 6.07) is 11.8. The van der Waals surface area contributed by atoms with Crippen LogP contribution in [0.15, 0.2) is 54.1 Å². The number of pyridine rings is 1. The molecule has 0 amide bonds. The largest absolute Gasteiger partial charge is 0.478 e. The Kier molecular flexibility index (Phi) is 3.53. The zero-order valence-electron chi connectivity index (χ0n) is 10.00. The summed E-state index contributed by atoms with van der Waals surface area (Å²) in [4.78, 5) is 14.9. The number of rotatable bonds is 3. The van der Waals surface area contributed by atoms with Gasteiger partial charge in [-0.1, -0.05) is 30.3 Å². The molecule has 1 N–H and O–H groups in total. The van der Waals surface area contributed by atoms with Crippen LogP contribution in [-0.2, 0) is 4.79 Å². The van der Waals surface area contributed by atoms with Gasteiger partial charge in [-0.2, -0.15) is 0 Å². The molecule has 0 saturated heterocycles. The maximum absolute atomic E-state index is 10.5. The lowest BCUT2D eigenvalue weighted by Crippen LogP contribution is -1.88. The number of para-hydroxylation sites is 1. The van der Waals surface area contributed by atoms with E-state index in [1.807, 2.05) is 36.4 Å². The fraction of sp³-hybridized carbons (Fsp3) is 0.0667. The van der Waals surface area contributed by atoms with E-state index < -0.39 is 5.97 Å². The van der Waals surface area contributed by atoms with Crippen LogP contribution in [0.2, 0.25) is 0 Å². The lowest BCUT2D eigenvalue weighted by Gasteiger charge is -1.98. The lowest BCUT2D eigenvalue weighted by atomic mass is 10.2. The number of nitrogens with zero attached hydrogens (tertiary/aromatic N) is 1. The normalized spacial score (nSPS) is 12.2. The molecule has 1 aromatic carbocycles. The number of hydrogen-bond acceptors (Lipinski definition) is 2. The summed E-state index contributed by atoms with van der Waals surface area (Å²) in [7, 11) is 0. The van der Waals surface area contributed by atoms with E-state index in [0.29, 0.717) is 5.57 Å². The third-order valence-corrected chi connectivity index (χ3v) is 2.49. The summed E-state index contributed by atoms with van der Waals surface area (Å²) in [6.07, 6.45) is 4.71. The third kappa shape index (κ3) is 3.04.